The van der Waals surface area contributed by atoms with Crippen LogP contribution in [0.25, 0.3) is 0 Å². The number of piperidine rings is 1. The lowest BCUT2D eigenvalue weighted by Crippen LogP contribution is -2.33. The van der Waals surface area contributed by atoms with Crippen molar-refractivity contribution in [3.63, 3.8) is 0 Å². The van der Waals surface area contributed by atoms with Gasteiger partial charge in [0.1, 0.15) is 0 Å². The zero-order valence-electron chi connectivity index (χ0n) is 15.0. The van der Waals surface area contributed by atoms with Gasteiger partial charge in [0.25, 0.3) is 5.91 Å². The molecule has 0 bridgehead atoms. The number of hydrogen-bond acceptors (Lipinski definition) is 2. The van der Waals surface area contributed by atoms with Gasteiger partial charge in [0.2, 0.25) is 0 Å². The molecule has 1 aliphatic rings. The lowest BCUT2D eigenvalue weighted by atomic mass is 9.99. The summed E-state index contributed by atoms with van der Waals surface area (Å²) < 4.78 is 0. The van der Waals surface area contributed by atoms with Crippen LogP contribution in [0.3, 0.4) is 0 Å². The van der Waals surface area contributed by atoms with E-state index in [1.807, 2.05) is 30.3 Å². The van der Waals surface area contributed by atoms with Crippen molar-refractivity contribution < 1.29 is 4.79 Å². The number of hydrogen-bond donors (Lipinski definition) is 1. The maximum Gasteiger partial charge on any atom is 0.251 e. The minimum absolute atomic E-state index is 0.103. The smallest absolute Gasteiger partial charge is 0.251 e. The molecule has 5 heteroatoms. The lowest BCUT2D eigenvalue weighted by molar-refractivity contribution is 0.0951. The van der Waals surface area contributed by atoms with Crippen LogP contribution in [0.1, 0.15) is 41.3 Å². The van der Waals surface area contributed by atoms with Crippen LogP contribution in [0.2, 0.25) is 10.0 Å². The summed E-state index contributed by atoms with van der Waals surface area (Å²) >= 11 is 12.0. The molecule has 1 N–H and O–H groups in total. The first-order valence-corrected chi connectivity index (χ1v) is 9.80. The Kier molecular flexibility index (Phi) is 6.58. The van der Waals surface area contributed by atoms with Crippen LogP contribution in [0, 0.1) is 5.92 Å². The predicted molar refractivity (Wildman–Crippen MR) is 108 cm³/mol. The third kappa shape index (κ3) is 5.23. The Morgan fingerprint density at radius 1 is 1.19 bits per heavy atom. The average molecular weight is 391 g/mol. The number of rotatable bonds is 5. The zero-order chi connectivity index (χ0) is 18.5. The number of carbonyl (C=O) groups is 1. The molecule has 1 atom stereocenters. The van der Waals surface area contributed by atoms with Crippen molar-refractivity contribution in [2.45, 2.75) is 32.9 Å². The first-order chi connectivity index (χ1) is 12.5. The Bertz CT molecular complexity index is 761. The summed E-state index contributed by atoms with van der Waals surface area (Å²) in [5.41, 5.74) is 2.75. The Morgan fingerprint density at radius 2 is 1.96 bits per heavy atom. The molecule has 0 unspecified atom stereocenters. The van der Waals surface area contributed by atoms with E-state index in [2.05, 4.69) is 17.1 Å². The fourth-order valence-electron chi connectivity index (χ4n) is 3.39. The second-order valence-corrected chi connectivity index (χ2v) is 7.94. The highest BCUT2D eigenvalue weighted by Gasteiger charge is 2.16. The molecule has 0 aromatic heterocycles. The molecule has 0 spiro atoms. The third-order valence-electron chi connectivity index (χ3n) is 4.82. The topological polar surface area (TPSA) is 32.3 Å². The van der Waals surface area contributed by atoms with E-state index in [0.29, 0.717) is 22.2 Å². The van der Waals surface area contributed by atoms with Gasteiger partial charge < -0.3 is 5.32 Å². The highest BCUT2D eigenvalue weighted by molar-refractivity contribution is 6.35. The van der Waals surface area contributed by atoms with Gasteiger partial charge in [0.05, 0.1) is 0 Å². The highest BCUT2D eigenvalue weighted by atomic mass is 35.5. The maximum absolute atomic E-state index is 12.3. The van der Waals surface area contributed by atoms with Crippen molar-refractivity contribution in [3.05, 3.63) is 69.2 Å². The summed E-state index contributed by atoms with van der Waals surface area (Å²) in [6.07, 6.45) is 2.60. The number of carbonyl (C=O) groups excluding carboxylic acids is 1. The largest absolute Gasteiger partial charge is 0.348 e. The molecule has 138 valence electrons. The van der Waals surface area contributed by atoms with Gasteiger partial charge in [-0.05, 0) is 60.7 Å². The van der Waals surface area contributed by atoms with E-state index in [4.69, 9.17) is 23.2 Å². The van der Waals surface area contributed by atoms with Crippen LogP contribution in [-0.4, -0.2) is 23.9 Å². The normalized spacial score (nSPS) is 17.9. The van der Waals surface area contributed by atoms with Gasteiger partial charge in [-0.2, -0.15) is 0 Å². The van der Waals surface area contributed by atoms with E-state index in [1.165, 1.54) is 18.4 Å². The van der Waals surface area contributed by atoms with E-state index < -0.39 is 0 Å². The van der Waals surface area contributed by atoms with Crippen LogP contribution in [0.4, 0.5) is 0 Å². The summed E-state index contributed by atoms with van der Waals surface area (Å²) in [6, 6.07) is 13.1. The number of amides is 1. The minimum Gasteiger partial charge on any atom is -0.348 e. The number of halogens is 2. The van der Waals surface area contributed by atoms with Crippen molar-refractivity contribution >= 4 is 29.1 Å². The first-order valence-electron chi connectivity index (χ1n) is 9.04. The van der Waals surface area contributed by atoms with Gasteiger partial charge in [-0.3, -0.25) is 9.69 Å². The Labute approximate surface area is 165 Å². The number of benzene rings is 2. The fourth-order valence-corrected chi connectivity index (χ4v) is 3.87. The van der Waals surface area contributed by atoms with E-state index in [1.54, 1.807) is 12.1 Å². The van der Waals surface area contributed by atoms with Gasteiger partial charge in [-0.15, -0.1) is 0 Å². The zero-order valence-corrected chi connectivity index (χ0v) is 16.5. The second kappa shape index (κ2) is 8.90. The molecule has 3 rings (SSSR count). The van der Waals surface area contributed by atoms with E-state index in [-0.39, 0.29) is 5.91 Å². The maximum atomic E-state index is 12.3. The quantitative estimate of drug-likeness (QED) is 0.764. The molecule has 1 amide bonds. The third-order valence-corrected chi connectivity index (χ3v) is 5.40. The summed E-state index contributed by atoms with van der Waals surface area (Å²) in [6.45, 7) is 5.96. The molecule has 0 radical (unpaired) electrons. The molecule has 1 fully saturated rings. The number of likely N-dealkylation sites (tertiary alicyclic amines) is 1. The van der Waals surface area contributed by atoms with Crippen LogP contribution in [-0.2, 0) is 13.1 Å². The Balaban J connectivity index is 1.55. The molecule has 1 heterocycles. The molecule has 2 aromatic carbocycles. The van der Waals surface area contributed by atoms with Gasteiger partial charge in [0, 0.05) is 35.2 Å². The number of nitrogens with zero attached hydrogens (tertiary/aromatic N) is 1. The van der Waals surface area contributed by atoms with Gasteiger partial charge in [-0.25, -0.2) is 0 Å². The van der Waals surface area contributed by atoms with Crippen molar-refractivity contribution in [3.8, 4) is 0 Å². The van der Waals surface area contributed by atoms with Crippen molar-refractivity contribution in [2.24, 2.45) is 5.92 Å². The molecule has 0 aliphatic carbocycles. The molecule has 1 aliphatic heterocycles. The standard InChI is InChI=1S/C21H24Cl2N2O/c1-15-3-2-10-25(13-15)14-16-4-6-17(7-5-16)21(26)24-12-18-8-9-19(22)11-20(18)23/h4-9,11,15H,2-3,10,12-14H2,1H3,(H,24,26)/t15-/m1/s1. The van der Waals surface area contributed by atoms with Crippen molar-refractivity contribution in [1.29, 1.82) is 0 Å². The lowest BCUT2D eigenvalue weighted by Gasteiger charge is -2.30. The fraction of sp³-hybridized carbons (Fsp3) is 0.381. The molecular weight excluding hydrogens is 367 g/mol. The van der Waals surface area contributed by atoms with Gasteiger partial charge in [0.15, 0.2) is 0 Å². The van der Waals surface area contributed by atoms with E-state index in [9.17, 15) is 4.79 Å². The Morgan fingerprint density at radius 3 is 2.65 bits per heavy atom. The van der Waals surface area contributed by atoms with E-state index >= 15 is 0 Å². The minimum atomic E-state index is -0.103. The summed E-state index contributed by atoms with van der Waals surface area (Å²) in [5, 5.41) is 4.05. The molecule has 0 saturated carbocycles. The summed E-state index contributed by atoms with van der Waals surface area (Å²) in [7, 11) is 0. The summed E-state index contributed by atoms with van der Waals surface area (Å²) in [4.78, 5) is 14.8. The molecule has 1 saturated heterocycles. The highest BCUT2D eigenvalue weighted by Crippen LogP contribution is 2.21. The van der Waals surface area contributed by atoms with Gasteiger partial charge >= 0.3 is 0 Å². The van der Waals surface area contributed by atoms with Crippen LogP contribution in [0.15, 0.2) is 42.5 Å². The SMILES string of the molecule is C[C@@H]1CCCN(Cc2ccc(C(=O)NCc3ccc(Cl)cc3Cl)cc2)C1. The molecule has 2 aromatic rings. The van der Waals surface area contributed by atoms with Crippen LogP contribution >= 0.6 is 23.2 Å². The molecular formula is C21H24Cl2N2O. The van der Waals surface area contributed by atoms with Crippen molar-refractivity contribution in [1.82, 2.24) is 10.2 Å². The van der Waals surface area contributed by atoms with Gasteiger partial charge in [-0.1, -0.05) is 48.3 Å². The van der Waals surface area contributed by atoms with Crippen LogP contribution < -0.4 is 5.32 Å². The molecule has 3 nitrogen and oxygen atoms in total. The monoisotopic (exact) mass is 390 g/mol. The Hall–Kier alpha value is -1.55. The summed E-state index contributed by atoms with van der Waals surface area (Å²) in [5.74, 6) is 0.669. The first kappa shape index (κ1) is 19.2. The van der Waals surface area contributed by atoms with E-state index in [0.717, 1.165) is 31.1 Å². The second-order valence-electron chi connectivity index (χ2n) is 7.10. The predicted octanol–water partition coefficient (Wildman–Crippen LogP) is 5.16. The molecule has 26 heavy (non-hydrogen) atoms. The average Bonchev–Trinajstić information content (AvgIpc) is 2.61. The number of nitrogens with one attached hydrogen (secondary N) is 1. The van der Waals surface area contributed by atoms with Crippen molar-refractivity contribution in [2.75, 3.05) is 13.1 Å². The van der Waals surface area contributed by atoms with Crippen LogP contribution in [0.5, 0.6) is 0 Å².